The predicted molar refractivity (Wildman–Crippen MR) is 103 cm³/mol. The molecule has 0 amide bonds. The molecule has 5 nitrogen and oxygen atoms in total. The number of ketones is 1. The number of benzene rings is 2. The van der Waals surface area contributed by atoms with E-state index >= 15 is 0 Å². The van der Waals surface area contributed by atoms with Crippen LogP contribution in [0.3, 0.4) is 0 Å². The van der Waals surface area contributed by atoms with E-state index in [2.05, 4.69) is 4.90 Å². The minimum absolute atomic E-state index is 0.146. The molecule has 0 saturated heterocycles. The van der Waals surface area contributed by atoms with E-state index in [-0.39, 0.29) is 5.78 Å². The van der Waals surface area contributed by atoms with Crippen LogP contribution in [0.25, 0.3) is 6.08 Å². The number of nitrogens with zero attached hydrogens (tertiary/aromatic N) is 1. The highest BCUT2D eigenvalue weighted by atomic mass is 16.5. The van der Waals surface area contributed by atoms with Gasteiger partial charge in [0.2, 0.25) is 0 Å². The molecule has 0 unspecified atom stereocenters. The summed E-state index contributed by atoms with van der Waals surface area (Å²) in [7, 11) is 7.11. The van der Waals surface area contributed by atoms with E-state index in [1.807, 2.05) is 38.4 Å². The maximum Gasteiger partial charge on any atom is 0.189 e. The maximum atomic E-state index is 12.5. The SMILES string of the molecule is COc1ccc(OC)c(C(=O)C=Cc2ccc(OCCN(C)C)cc2)c1. The molecule has 0 atom stereocenters. The number of ether oxygens (including phenoxy) is 3. The third-order valence-corrected chi connectivity index (χ3v) is 3.79. The van der Waals surface area contributed by atoms with Crippen LogP contribution < -0.4 is 14.2 Å². The summed E-state index contributed by atoms with van der Waals surface area (Å²) in [5.74, 6) is 1.80. The van der Waals surface area contributed by atoms with Crippen molar-refractivity contribution in [3.05, 3.63) is 59.7 Å². The fourth-order valence-electron chi connectivity index (χ4n) is 2.29. The van der Waals surface area contributed by atoms with Crippen molar-refractivity contribution >= 4 is 11.9 Å². The molecule has 26 heavy (non-hydrogen) atoms. The average molecular weight is 355 g/mol. The Balaban J connectivity index is 2.04. The molecule has 0 saturated carbocycles. The Morgan fingerprint density at radius 2 is 1.69 bits per heavy atom. The van der Waals surface area contributed by atoms with E-state index in [0.29, 0.717) is 23.7 Å². The number of rotatable bonds is 9. The largest absolute Gasteiger partial charge is 0.497 e. The second-order valence-corrected chi connectivity index (χ2v) is 5.98. The van der Waals surface area contributed by atoms with Gasteiger partial charge in [-0.05, 0) is 56.1 Å². The van der Waals surface area contributed by atoms with Crippen LogP contribution in [0.4, 0.5) is 0 Å². The Morgan fingerprint density at radius 1 is 1.00 bits per heavy atom. The highest BCUT2D eigenvalue weighted by Crippen LogP contribution is 2.25. The Kier molecular flexibility index (Phi) is 7.24. The quantitative estimate of drug-likeness (QED) is 0.509. The van der Waals surface area contributed by atoms with Crippen molar-refractivity contribution in [2.45, 2.75) is 0 Å². The predicted octanol–water partition coefficient (Wildman–Crippen LogP) is 3.54. The lowest BCUT2D eigenvalue weighted by Crippen LogP contribution is -2.19. The molecule has 0 radical (unpaired) electrons. The first-order chi connectivity index (χ1) is 12.5. The smallest absolute Gasteiger partial charge is 0.189 e. The van der Waals surface area contributed by atoms with Gasteiger partial charge in [0.05, 0.1) is 19.8 Å². The van der Waals surface area contributed by atoms with Gasteiger partial charge in [-0.2, -0.15) is 0 Å². The molecule has 0 spiro atoms. The van der Waals surface area contributed by atoms with Gasteiger partial charge in [0.15, 0.2) is 5.78 Å². The number of carbonyl (C=O) groups is 1. The van der Waals surface area contributed by atoms with Crippen LogP contribution in [-0.2, 0) is 0 Å². The molecular formula is C21H25NO4. The van der Waals surface area contributed by atoms with Gasteiger partial charge in [-0.1, -0.05) is 18.2 Å². The van der Waals surface area contributed by atoms with Crippen molar-refractivity contribution in [2.75, 3.05) is 41.5 Å². The lowest BCUT2D eigenvalue weighted by Gasteiger charge is -2.11. The molecule has 0 aliphatic heterocycles. The average Bonchev–Trinajstić information content (AvgIpc) is 2.66. The Hall–Kier alpha value is -2.79. The second-order valence-electron chi connectivity index (χ2n) is 5.98. The Labute approximate surface area is 154 Å². The van der Waals surface area contributed by atoms with Gasteiger partial charge >= 0.3 is 0 Å². The van der Waals surface area contributed by atoms with E-state index in [9.17, 15) is 4.79 Å². The van der Waals surface area contributed by atoms with Gasteiger partial charge < -0.3 is 19.1 Å². The summed E-state index contributed by atoms with van der Waals surface area (Å²) < 4.78 is 16.1. The normalized spacial score (nSPS) is 11.0. The van der Waals surface area contributed by atoms with Crippen molar-refractivity contribution < 1.29 is 19.0 Å². The molecule has 0 aliphatic rings. The summed E-state index contributed by atoms with van der Waals surface area (Å²) >= 11 is 0. The van der Waals surface area contributed by atoms with Crippen molar-refractivity contribution in [1.82, 2.24) is 4.90 Å². The zero-order chi connectivity index (χ0) is 18.9. The van der Waals surface area contributed by atoms with E-state index in [0.717, 1.165) is 17.9 Å². The van der Waals surface area contributed by atoms with Crippen LogP contribution in [0, 0.1) is 0 Å². The van der Waals surface area contributed by atoms with E-state index in [1.54, 1.807) is 31.4 Å². The molecular weight excluding hydrogens is 330 g/mol. The first kappa shape index (κ1) is 19.5. The van der Waals surface area contributed by atoms with E-state index < -0.39 is 0 Å². The van der Waals surface area contributed by atoms with Crippen LogP contribution in [0.5, 0.6) is 17.2 Å². The summed E-state index contributed by atoms with van der Waals surface area (Å²) in [4.78, 5) is 14.6. The van der Waals surface area contributed by atoms with Gasteiger partial charge in [-0.3, -0.25) is 4.79 Å². The topological polar surface area (TPSA) is 48.0 Å². The summed E-state index contributed by atoms with van der Waals surface area (Å²) in [6.07, 6.45) is 3.30. The highest BCUT2D eigenvalue weighted by molar-refractivity contribution is 6.08. The van der Waals surface area contributed by atoms with Gasteiger partial charge in [0.1, 0.15) is 23.9 Å². The van der Waals surface area contributed by atoms with Crippen LogP contribution >= 0.6 is 0 Å². The number of carbonyl (C=O) groups excluding carboxylic acids is 1. The van der Waals surface area contributed by atoms with Crippen LogP contribution in [-0.4, -0.2) is 52.1 Å². The third kappa shape index (κ3) is 5.63. The monoisotopic (exact) mass is 355 g/mol. The molecule has 0 fully saturated rings. The number of methoxy groups -OCH3 is 2. The molecule has 138 valence electrons. The van der Waals surface area contributed by atoms with Crippen LogP contribution in [0.1, 0.15) is 15.9 Å². The molecule has 2 aromatic carbocycles. The second kappa shape index (κ2) is 9.63. The fraction of sp³-hybridized carbons (Fsp3) is 0.286. The highest BCUT2D eigenvalue weighted by Gasteiger charge is 2.11. The summed E-state index contributed by atoms with van der Waals surface area (Å²) in [5.41, 5.74) is 1.38. The van der Waals surface area contributed by atoms with Gasteiger partial charge in [0, 0.05) is 6.54 Å². The number of allylic oxidation sites excluding steroid dienone is 1. The minimum Gasteiger partial charge on any atom is -0.497 e. The van der Waals surface area contributed by atoms with Gasteiger partial charge in [-0.25, -0.2) is 0 Å². The number of hydrogen-bond donors (Lipinski definition) is 0. The van der Waals surface area contributed by atoms with Gasteiger partial charge in [0.25, 0.3) is 0 Å². The fourth-order valence-corrected chi connectivity index (χ4v) is 2.29. The molecule has 0 aromatic heterocycles. The third-order valence-electron chi connectivity index (χ3n) is 3.79. The standard InChI is InChI=1S/C21H25NO4/c1-22(2)13-14-26-17-8-5-16(6-9-17)7-11-20(23)19-15-18(24-3)10-12-21(19)25-4/h5-12,15H,13-14H2,1-4H3. The van der Waals surface area contributed by atoms with Crippen LogP contribution in [0.2, 0.25) is 0 Å². The summed E-state index contributed by atoms with van der Waals surface area (Å²) in [5, 5.41) is 0. The van der Waals surface area contributed by atoms with Crippen LogP contribution in [0.15, 0.2) is 48.5 Å². The molecule has 0 heterocycles. The number of likely N-dealkylation sites (N-methyl/N-ethyl adjacent to an activating group) is 1. The number of hydrogen-bond acceptors (Lipinski definition) is 5. The Bertz CT molecular complexity index is 751. The first-order valence-electron chi connectivity index (χ1n) is 8.35. The molecule has 0 N–H and O–H groups in total. The lowest BCUT2D eigenvalue weighted by molar-refractivity contribution is 0.104. The van der Waals surface area contributed by atoms with Crippen molar-refractivity contribution in [1.29, 1.82) is 0 Å². The Morgan fingerprint density at radius 3 is 2.31 bits per heavy atom. The first-order valence-corrected chi connectivity index (χ1v) is 8.35. The zero-order valence-corrected chi connectivity index (χ0v) is 15.7. The summed E-state index contributed by atoms with van der Waals surface area (Å²) in [6, 6.07) is 12.8. The van der Waals surface area contributed by atoms with Crippen molar-refractivity contribution in [3.8, 4) is 17.2 Å². The zero-order valence-electron chi connectivity index (χ0n) is 15.7. The summed E-state index contributed by atoms with van der Waals surface area (Å²) in [6.45, 7) is 1.49. The minimum atomic E-state index is -0.146. The van der Waals surface area contributed by atoms with Crippen molar-refractivity contribution in [2.24, 2.45) is 0 Å². The van der Waals surface area contributed by atoms with E-state index in [1.165, 1.54) is 13.2 Å². The maximum absolute atomic E-state index is 12.5. The van der Waals surface area contributed by atoms with Gasteiger partial charge in [-0.15, -0.1) is 0 Å². The molecule has 2 rings (SSSR count). The van der Waals surface area contributed by atoms with E-state index in [4.69, 9.17) is 14.2 Å². The molecule has 0 bridgehead atoms. The molecule has 2 aromatic rings. The molecule has 0 aliphatic carbocycles. The van der Waals surface area contributed by atoms with Crippen molar-refractivity contribution in [3.63, 3.8) is 0 Å². The lowest BCUT2D eigenvalue weighted by atomic mass is 10.1. The molecule has 5 heteroatoms.